The summed E-state index contributed by atoms with van der Waals surface area (Å²) in [4.78, 5) is 6.83. The maximum Gasteiger partial charge on any atom is 0.0772 e. The molecule has 3 heteroatoms. The van der Waals surface area contributed by atoms with Crippen LogP contribution in [0.3, 0.4) is 0 Å². The fraction of sp³-hybridized carbons (Fsp3) is 0.389. The molecule has 0 radical (unpaired) electrons. The molecule has 1 aliphatic rings. The molecule has 1 aromatic carbocycles. The molecule has 21 heavy (non-hydrogen) atoms. The number of hydrogen-bond donors (Lipinski definition) is 1. The van der Waals surface area contributed by atoms with E-state index in [9.17, 15) is 0 Å². The summed E-state index contributed by atoms with van der Waals surface area (Å²) >= 11 is 0. The summed E-state index contributed by atoms with van der Waals surface area (Å²) in [5, 5.41) is 0. The lowest BCUT2D eigenvalue weighted by molar-refractivity contribution is 0.403. The summed E-state index contributed by atoms with van der Waals surface area (Å²) in [6.07, 6.45) is 5.51. The summed E-state index contributed by atoms with van der Waals surface area (Å²) in [6.45, 7) is 2.73. The monoisotopic (exact) mass is 281 g/mol. The van der Waals surface area contributed by atoms with Crippen molar-refractivity contribution < 1.29 is 0 Å². The van der Waals surface area contributed by atoms with Gasteiger partial charge in [0.05, 0.1) is 11.4 Å². The third kappa shape index (κ3) is 3.42. The second-order valence-corrected chi connectivity index (χ2v) is 5.79. The zero-order valence-electron chi connectivity index (χ0n) is 12.4. The highest BCUT2D eigenvalue weighted by Crippen LogP contribution is 2.27. The van der Waals surface area contributed by atoms with E-state index in [1.165, 1.54) is 30.5 Å². The van der Waals surface area contributed by atoms with Crippen LogP contribution >= 0.6 is 0 Å². The van der Waals surface area contributed by atoms with E-state index in [1.54, 1.807) is 0 Å². The molecule has 0 atom stereocenters. The molecule has 0 aliphatic carbocycles. The van der Waals surface area contributed by atoms with E-state index < -0.39 is 0 Å². The Hall–Kier alpha value is -1.87. The molecule has 2 aromatic rings. The molecule has 110 valence electrons. The van der Waals surface area contributed by atoms with E-state index in [0.29, 0.717) is 6.54 Å². The molecule has 1 aromatic heterocycles. The first-order valence-electron chi connectivity index (χ1n) is 7.79. The van der Waals surface area contributed by atoms with Crippen molar-refractivity contribution in [3.8, 4) is 0 Å². The number of piperidine rings is 1. The second kappa shape index (κ2) is 6.72. The lowest BCUT2D eigenvalue weighted by atomic mass is 9.90. The van der Waals surface area contributed by atoms with Gasteiger partial charge in [-0.05, 0) is 42.9 Å². The zero-order valence-corrected chi connectivity index (χ0v) is 12.4. The Morgan fingerprint density at radius 1 is 1.05 bits per heavy atom. The SMILES string of the molecule is NCc1ncccc1N1CCC(Cc2ccccc2)CC1. The Morgan fingerprint density at radius 2 is 1.81 bits per heavy atom. The summed E-state index contributed by atoms with van der Waals surface area (Å²) in [5.41, 5.74) is 9.49. The van der Waals surface area contributed by atoms with E-state index in [-0.39, 0.29) is 0 Å². The highest BCUT2D eigenvalue weighted by Gasteiger charge is 2.21. The molecule has 0 bridgehead atoms. The van der Waals surface area contributed by atoms with E-state index in [1.807, 2.05) is 12.3 Å². The van der Waals surface area contributed by atoms with Crippen molar-refractivity contribution in [1.82, 2.24) is 4.98 Å². The number of hydrogen-bond acceptors (Lipinski definition) is 3. The maximum atomic E-state index is 5.80. The van der Waals surface area contributed by atoms with Gasteiger partial charge in [-0.25, -0.2) is 0 Å². The number of nitrogens with two attached hydrogens (primary N) is 1. The topological polar surface area (TPSA) is 42.1 Å². The summed E-state index contributed by atoms with van der Waals surface area (Å²) < 4.78 is 0. The van der Waals surface area contributed by atoms with Gasteiger partial charge in [0.15, 0.2) is 0 Å². The minimum Gasteiger partial charge on any atom is -0.370 e. The van der Waals surface area contributed by atoms with E-state index >= 15 is 0 Å². The lowest BCUT2D eigenvalue weighted by Gasteiger charge is -2.34. The molecule has 1 fully saturated rings. The van der Waals surface area contributed by atoms with Crippen molar-refractivity contribution >= 4 is 5.69 Å². The minimum atomic E-state index is 0.514. The Kier molecular flexibility index (Phi) is 4.51. The van der Waals surface area contributed by atoms with Crippen molar-refractivity contribution in [1.29, 1.82) is 0 Å². The normalized spacial score (nSPS) is 16.1. The summed E-state index contributed by atoms with van der Waals surface area (Å²) in [5.74, 6) is 0.793. The first-order valence-corrected chi connectivity index (χ1v) is 7.79. The van der Waals surface area contributed by atoms with Gasteiger partial charge < -0.3 is 10.6 Å². The molecule has 3 nitrogen and oxygen atoms in total. The molecule has 2 N–H and O–H groups in total. The van der Waals surface area contributed by atoms with Gasteiger partial charge in [-0.2, -0.15) is 0 Å². The molecule has 0 spiro atoms. The van der Waals surface area contributed by atoms with Crippen molar-refractivity contribution in [2.45, 2.75) is 25.8 Å². The van der Waals surface area contributed by atoms with Crippen LogP contribution in [0.15, 0.2) is 48.7 Å². The third-order valence-electron chi connectivity index (χ3n) is 4.38. The molecule has 0 unspecified atom stereocenters. The van der Waals surface area contributed by atoms with Crippen LogP contribution < -0.4 is 10.6 Å². The molecule has 0 saturated carbocycles. The van der Waals surface area contributed by atoms with E-state index in [2.05, 4.69) is 46.3 Å². The van der Waals surface area contributed by atoms with Gasteiger partial charge >= 0.3 is 0 Å². The fourth-order valence-corrected chi connectivity index (χ4v) is 3.20. The van der Waals surface area contributed by atoms with E-state index in [4.69, 9.17) is 5.73 Å². The Balaban J connectivity index is 1.60. The highest BCUT2D eigenvalue weighted by atomic mass is 15.1. The average Bonchev–Trinajstić information content (AvgIpc) is 2.56. The van der Waals surface area contributed by atoms with Crippen molar-refractivity contribution in [2.24, 2.45) is 11.7 Å². The van der Waals surface area contributed by atoms with Gasteiger partial charge in [0.1, 0.15) is 0 Å². The highest BCUT2D eigenvalue weighted by molar-refractivity contribution is 5.50. The molecular formula is C18H23N3. The van der Waals surface area contributed by atoms with Gasteiger partial charge in [0.25, 0.3) is 0 Å². The van der Waals surface area contributed by atoms with Crippen molar-refractivity contribution in [2.75, 3.05) is 18.0 Å². The molecular weight excluding hydrogens is 258 g/mol. The molecule has 1 saturated heterocycles. The lowest BCUT2D eigenvalue weighted by Crippen LogP contribution is -2.35. The van der Waals surface area contributed by atoms with E-state index in [0.717, 1.165) is 24.7 Å². The standard InChI is InChI=1S/C18H23N3/c19-14-17-18(7-4-10-20-17)21-11-8-16(9-12-21)13-15-5-2-1-3-6-15/h1-7,10,16H,8-9,11-14,19H2. The van der Waals surface area contributed by atoms with Crippen LogP contribution in [-0.4, -0.2) is 18.1 Å². The fourth-order valence-electron chi connectivity index (χ4n) is 3.20. The number of benzene rings is 1. The van der Waals surface area contributed by atoms with Crippen LogP contribution in [0.5, 0.6) is 0 Å². The Bertz CT molecular complexity index is 560. The molecule has 1 aliphatic heterocycles. The Labute approximate surface area is 126 Å². The maximum absolute atomic E-state index is 5.80. The molecule has 2 heterocycles. The van der Waals surface area contributed by atoms with Gasteiger partial charge in [0.2, 0.25) is 0 Å². The predicted octanol–water partition coefficient (Wildman–Crippen LogP) is 3.00. The largest absolute Gasteiger partial charge is 0.370 e. The van der Waals surface area contributed by atoms with Crippen LogP contribution in [0.1, 0.15) is 24.1 Å². The quantitative estimate of drug-likeness (QED) is 0.936. The first-order chi connectivity index (χ1) is 10.4. The number of pyridine rings is 1. The van der Waals surface area contributed by atoms with Gasteiger partial charge in [0, 0.05) is 25.8 Å². The Morgan fingerprint density at radius 3 is 2.52 bits per heavy atom. The van der Waals surface area contributed by atoms with Crippen LogP contribution in [0.4, 0.5) is 5.69 Å². The number of nitrogens with zero attached hydrogens (tertiary/aromatic N) is 2. The van der Waals surface area contributed by atoms with Crippen LogP contribution in [0.2, 0.25) is 0 Å². The summed E-state index contributed by atoms with van der Waals surface area (Å²) in [6, 6.07) is 15.0. The molecule has 0 amide bonds. The average molecular weight is 281 g/mol. The van der Waals surface area contributed by atoms with Gasteiger partial charge in [-0.1, -0.05) is 30.3 Å². The number of anilines is 1. The van der Waals surface area contributed by atoms with Crippen LogP contribution in [0, 0.1) is 5.92 Å². The number of aromatic nitrogens is 1. The van der Waals surface area contributed by atoms with Gasteiger partial charge in [-0.3, -0.25) is 4.98 Å². The second-order valence-electron chi connectivity index (χ2n) is 5.79. The summed E-state index contributed by atoms with van der Waals surface area (Å²) in [7, 11) is 0. The third-order valence-corrected chi connectivity index (χ3v) is 4.38. The minimum absolute atomic E-state index is 0.514. The van der Waals surface area contributed by atoms with Crippen molar-refractivity contribution in [3.05, 3.63) is 59.9 Å². The first kappa shape index (κ1) is 14.1. The number of rotatable bonds is 4. The predicted molar refractivity (Wildman–Crippen MR) is 87.2 cm³/mol. The zero-order chi connectivity index (χ0) is 14.5. The van der Waals surface area contributed by atoms with Gasteiger partial charge in [-0.15, -0.1) is 0 Å². The molecule has 3 rings (SSSR count). The van der Waals surface area contributed by atoms with Crippen molar-refractivity contribution in [3.63, 3.8) is 0 Å². The smallest absolute Gasteiger partial charge is 0.0772 e. The van der Waals surface area contributed by atoms with Crippen LogP contribution in [0.25, 0.3) is 0 Å². The van der Waals surface area contributed by atoms with Crippen LogP contribution in [-0.2, 0) is 13.0 Å².